The van der Waals surface area contributed by atoms with Crippen LogP contribution in [-0.2, 0) is 13.0 Å². The van der Waals surface area contributed by atoms with Crippen LogP contribution in [0.2, 0.25) is 0 Å². The van der Waals surface area contributed by atoms with Crippen molar-refractivity contribution in [2.75, 3.05) is 38.0 Å². The molecule has 0 saturated carbocycles. The second kappa shape index (κ2) is 11.4. The molecule has 2 aromatic carbocycles. The second-order valence-corrected chi connectivity index (χ2v) is 11.4. The van der Waals surface area contributed by atoms with Gasteiger partial charge in [-0.1, -0.05) is 30.7 Å². The minimum absolute atomic E-state index is 0.0557. The summed E-state index contributed by atoms with van der Waals surface area (Å²) < 4.78 is 5.33. The quantitative estimate of drug-likeness (QED) is 0.432. The zero-order chi connectivity index (χ0) is 27.6. The maximum atomic E-state index is 13.5. The van der Waals surface area contributed by atoms with E-state index >= 15 is 0 Å². The number of carbonyl (C=O) groups is 2. The number of para-hydroxylation sites is 1. The monoisotopic (exact) mass is 546 g/mol. The van der Waals surface area contributed by atoms with Crippen molar-refractivity contribution in [2.24, 2.45) is 0 Å². The van der Waals surface area contributed by atoms with Crippen LogP contribution in [0.3, 0.4) is 0 Å². The highest BCUT2D eigenvalue weighted by atomic mass is 16.4. The minimum atomic E-state index is -0.455. The summed E-state index contributed by atoms with van der Waals surface area (Å²) >= 11 is 0. The molecule has 6 rings (SSSR count). The Bertz CT molecular complexity index is 1430. The van der Waals surface area contributed by atoms with Gasteiger partial charge in [0.2, 0.25) is 0 Å². The summed E-state index contributed by atoms with van der Waals surface area (Å²) in [7, 11) is 0. The van der Waals surface area contributed by atoms with Crippen molar-refractivity contribution < 1.29 is 14.0 Å². The molecule has 212 valence electrons. The summed E-state index contributed by atoms with van der Waals surface area (Å²) in [5.41, 5.74) is 5.26. The number of piperidine rings is 2. The summed E-state index contributed by atoms with van der Waals surface area (Å²) in [5.74, 6) is -0.455. The fourth-order valence-electron chi connectivity index (χ4n) is 6.48. The van der Waals surface area contributed by atoms with Gasteiger partial charge in [-0.25, -0.2) is 14.4 Å². The van der Waals surface area contributed by atoms with Crippen LogP contribution in [0.5, 0.6) is 0 Å². The lowest BCUT2D eigenvalue weighted by Gasteiger charge is -2.41. The number of nitrogens with one attached hydrogen (secondary N) is 3. The number of aromatic nitrogens is 1. The third-order valence-electron chi connectivity index (χ3n) is 8.58. The molecule has 4 amide bonds. The Morgan fingerprint density at radius 3 is 2.65 bits per heavy atom. The van der Waals surface area contributed by atoms with E-state index in [0.717, 1.165) is 60.4 Å². The van der Waals surface area contributed by atoms with E-state index in [4.69, 9.17) is 4.42 Å². The zero-order valence-electron chi connectivity index (χ0n) is 23.1. The summed E-state index contributed by atoms with van der Waals surface area (Å²) in [6, 6.07) is 11.8. The molecule has 1 aromatic heterocycles. The molecule has 3 aliphatic rings. The van der Waals surface area contributed by atoms with E-state index in [1.54, 1.807) is 0 Å². The van der Waals surface area contributed by atoms with Crippen LogP contribution in [0.4, 0.5) is 15.3 Å². The minimum Gasteiger partial charge on any atom is -0.408 e. The smallest absolute Gasteiger partial charge is 0.408 e. The average molecular weight is 547 g/mol. The van der Waals surface area contributed by atoms with Crippen LogP contribution in [0.25, 0.3) is 11.1 Å². The van der Waals surface area contributed by atoms with Gasteiger partial charge in [0.15, 0.2) is 5.58 Å². The Morgan fingerprint density at radius 1 is 1.07 bits per heavy atom. The number of likely N-dealkylation sites (tertiary alicyclic amines) is 2. The molecule has 10 nitrogen and oxygen atoms in total. The zero-order valence-corrected chi connectivity index (χ0v) is 23.1. The standard InChI is InChI=1S/C30H38N6O4/c1-20-15-21(17-26-27(20)33-30(39)40-26)16-23(19-34-11-5-2-6-12-34)31-28(37)35-13-9-24(10-14-35)36-18-22-7-3-4-8-25(22)32-29(36)38/h3-4,7-8,15,17,23-24H,2,5-6,9-14,16,18-19H2,1H3,(H,31,37)(H,32,38)(H,33,39). The van der Waals surface area contributed by atoms with Crippen LogP contribution in [0.1, 0.15) is 48.8 Å². The van der Waals surface area contributed by atoms with E-state index in [9.17, 15) is 14.4 Å². The van der Waals surface area contributed by atoms with E-state index < -0.39 is 5.76 Å². The van der Waals surface area contributed by atoms with Gasteiger partial charge in [-0.2, -0.15) is 0 Å². The molecule has 40 heavy (non-hydrogen) atoms. The lowest BCUT2D eigenvalue weighted by molar-refractivity contribution is 0.125. The maximum Gasteiger partial charge on any atom is 0.417 e. The number of carbonyl (C=O) groups excluding carboxylic acids is 2. The van der Waals surface area contributed by atoms with Gasteiger partial charge < -0.3 is 29.8 Å². The number of amides is 4. The molecule has 0 radical (unpaired) electrons. The van der Waals surface area contributed by atoms with Crippen molar-refractivity contribution in [3.05, 3.63) is 63.6 Å². The second-order valence-electron chi connectivity index (χ2n) is 11.4. The molecule has 10 heteroatoms. The molecule has 1 atom stereocenters. The first-order valence-corrected chi connectivity index (χ1v) is 14.5. The number of aryl methyl sites for hydroxylation is 1. The Labute approximate surface area is 233 Å². The van der Waals surface area contributed by atoms with Crippen molar-refractivity contribution in [1.82, 2.24) is 25.0 Å². The Balaban J connectivity index is 1.10. The van der Waals surface area contributed by atoms with Gasteiger partial charge in [-0.3, -0.25) is 4.98 Å². The van der Waals surface area contributed by atoms with E-state index in [2.05, 4.69) is 32.7 Å². The largest absolute Gasteiger partial charge is 0.417 e. The predicted molar refractivity (Wildman–Crippen MR) is 153 cm³/mol. The van der Waals surface area contributed by atoms with E-state index in [0.29, 0.717) is 31.6 Å². The van der Waals surface area contributed by atoms with Crippen molar-refractivity contribution >= 4 is 28.8 Å². The molecular formula is C30H38N6O4. The first-order valence-electron chi connectivity index (χ1n) is 14.5. The molecule has 2 saturated heterocycles. The third kappa shape index (κ3) is 5.72. The van der Waals surface area contributed by atoms with Crippen LogP contribution in [0, 0.1) is 6.92 Å². The number of benzene rings is 2. The molecule has 1 unspecified atom stereocenters. The van der Waals surface area contributed by atoms with Crippen molar-refractivity contribution in [3.8, 4) is 0 Å². The molecule has 0 aliphatic carbocycles. The molecular weight excluding hydrogens is 508 g/mol. The Hall–Kier alpha value is -3.79. The molecule has 4 heterocycles. The maximum absolute atomic E-state index is 13.5. The SMILES string of the molecule is Cc1cc(CC(CN2CCCCC2)NC(=O)N2CCC(N3Cc4ccccc4NC3=O)CC2)cc2oc(=O)[nH]c12. The topological polar surface area (TPSA) is 114 Å². The number of urea groups is 2. The Morgan fingerprint density at radius 2 is 1.85 bits per heavy atom. The van der Waals surface area contributed by atoms with Crippen molar-refractivity contribution in [3.63, 3.8) is 0 Å². The number of nitrogens with zero attached hydrogens (tertiary/aromatic N) is 3. The molecule has 3 aliphatic heterocycles. The van der Waals surface area contributed by atoms with Gasteiger partial charge in [-0.05, 0) is 80.9 Å². The van der Waals surface area contributed by atoms with Gasteiger partial charge in [-0.15, -0.1) is 0 Å². The lowest BCUT2D eigenvalue weighted by Crippen LogP contribution is -2.55. The predicted octanol–water partition coefficient (Wildman–Crippen LogP) is 4.05. The molecule has 0 bridgehead atoms. The van der Waals surface area contributed by atoms with Crippen LogP contribution < -0.4 is 16.4 Å². The highest BCUT2D eigenvalue weighted by Crippen LogP contribution is 2.28. The highest BCUT2D eigenvalue weighted by Gasteiger charge is 2.33. The van der Waals surface area contributed by atoms with Gasteiger partial charge in [0, 0.05) is 44.0 Å². The number of rotatable bonds is 6. The fraction of sp³-hybridized carbons (Fsp3) is 0.500. The van der Waals surface area contributed by atoms with Gasteiger partial charge in [0.05, 0.1) is 5.52 Å². The van der Waals surface area contributed by atoms with Crippen LogP contribution in [0.15, 0.2) is 45.6 Å². The van der Waals surface area contributed by atoms with E-state index in [1.807, 2.05) is 41.0 Å². The number of oxazole rings is 1. The number of hydrogen-bond donors (Lipinski definition) is 3. The first kappa shape index (κ1) is 26.4. The number of fused-ring (bicyclic) bond motifs is 2. The first-order chi connectivity index (χ1) is 19.4. The highest BCUT2D eigenvalue weighted by molar-refractivity contribution is 5.92. The number of hydrogen-bond acceptors (Lipinski definition) is 5. The van der Waals surface area contributed by atoms with Gasteiger partial charge in [0.25, 0.3) is 0 Å². The summed E-state index contributed by atoms with van der Waals surface area (Å²) in [6.07, 6.45) is 5.78. The summed E-state index contributed by atoms with van der Waals surface area (Å²) in [5, 5.41) is 6.33. The molecule has 3 N–H and O–H groups in total. The van der Waals surface area contributed by atoms with Crippen molar-refractivity contribution in [2.45, 2.75) is 64.1 Å². The van der Waals surface area contributed by atoms with E-state index in [-0.39, 0.29) is 24.1 Å². The van der Waals surface area contributed by atoms with Gasteiger partial charge in [0.1, 0.15) is 0 Å². The molecule has 3 aromatic rings. The van der Waals surface area contributed by atoms with E-state index in [1.165, 1.54) is 19.3 Å². The fourth-order valence-corrected chi connectivity index (χ4v) is 6.48. The van der Waals surface area contributed by atoms with Crippen LogP contribution in [-0.4, -0.2) is 76.6 Å². The number of anilines is 1. The number of H-pyrrole nitrogens is 1. The van der Waals surface area contributed by atoms with Crippen LogP contribution >= 0.6 is 0 Å². The molecule has 0 spiro atoms. The Kier molecular flexibility index (Phi) is 7.51. The number of aromatic amines is 1. The normalized spacial score (nSPS) is 19.4. The molecule has 2 fully saturated rings. The third-order valence-corrected chi connectivity index (χ3v) is 8.58. The lowest BCUT2D eigenvalue weighted by atomic mass is 10.0. The summed E-state index contributed by atoms with van der Waals surface area (Å²) in [4.78, 5) is 47.0. The summed E-state index contributed by atoms with van der Waals surface area (Å²) in [6.45, 7) is 6.65. The van der Waals surface area contributed by atoms with Gasteiger partial charge >= 0.3 is 17.8 Å². The average Bonchev–Trinajstić information content (AvgIpc) is 3.34. The van der Waals surface area contributed by atoms with Crippen molar-refractivity contribution in [1.29, 1.82) is 0 Å².